The summed E-state index contributed by atoms with van der Waals surface area (Å²) in [5.74, 6) is 0.465. The molecule has 2 rings (SSSR count). The van der Waals surface area contributed by atoms with Crippen LogP contribution in [0.4, 0.5) is 0 Å². The van der Waals surface area contributed by atoms with Gasteiger partial charge in [-0.15, -0.1) is 11.3 Å². The molecule has 0 amide bonds. The topological polar surface area (TPSA) is 24.9 Å². The van der Waals surface area contributed by atoms with Crippen molar-refractivity contribution in [3.63, 3.8) is 0 Å². The van der Waals surface area contributed by atoms with Crippen molar-refractivity contribution in [2.24, 2.45) is 0 Å². The Labute approximate surface area is 119 Å². The summed E-state index contributed by atoms with van der Waals surface area (Å²) in [6.07, 6.45) is 1.88. The van der Waals surface area contributed by atoms with Gasteiger partial charge in [-0.05, 0) is 31.9 Å². The van der Waals surface area contributed by atoms with Crippen molar-refractivity contribution in [2.45, 2.75) is 39.7 Å². The Morgan fingerprint density at radius 2 is 2.05 bits per heavy atom. The first-order valence-electron chi connectivity index (χ1n) is 6.78. The zero-order valence-electron chi connectivity index (χ0n) is 12.1. The molecular formula is C16H22N2S. The Morgan fingerprint density at radius 1 is 1.26 bits per heavy atom. The zero-order valence-corrected chi connectivity index (χ0v) is 12.9. The minimum absolute atomic E-state index is 0.377. The highest BCUT2D eigenvalue weighted by Crippen LogP contribution is 2.21. The molecule has 0 aliphatic heterocycles. The van der Waals surface area contributed by atoms with E-state index in [0.29, 0.717) is 12.0 Å². The third-order valence-corrected chi connectivity index (χ3v) is 4.51. The van der Waals surface area contributed by atoms with E-state index in [-0.39, 0.29) is 0 Å². The van der Waals surface area contributed by atoms with E-state index in [2.05, 4.69) is 56.2 Å². The van der Waals surface area contributed by atoms with Crippen LogP contribution >= 0.6 is 11.3 Å². The van der Waals surface area contributed by atoms with Crippen LogP contribution in [0.5, 0.6) is 0 Å². The van der Waals surface area contributed by atoms with E-state index < -0.39 is 0 Å². The number of hydrogen-bond donors (Lipinski definition) is 1. The summed E-state index contributed by atoms with van der Waals surface area (Å²) >= 11 is 1.73. The van der Waals surface area contributed by atoms with Gasteiger partial charge < -0.3 is 5.32 Å². The predicted molar refractivity (Wildman–Crippen MR) is 82.9 cm³/mol. The van der Waals surface area contributed by atoms with Crippen LogP contribution in [0.3, 0.4) is 0 Å². The van der Waals surface area contributed by atoms with E-state index in [1.54, 1.807) is 11.3 Å². The molecule has 2 unspecified atom stereocenters. The first kappa shape index (κ1) is 14.2. The lowest BCUT2D eigenvalue weighted by molar-refractivity contribution is 0.534. The van der Waals surface area contributed by atoms with Gasteiger partial charge in [0.05, 0.1) is 5.01 Å². The van der Waals surface area contributed by atoms with Gasteiger partial charge in [0, 0.05) is 30.1 Å². The van der Waals surface area contributed by atoms with Crippen LogP contribution in [0.15, 0.2) is 29.8 Å². The van der Waals surface area contributed by atoms with Crippen molar-refractivity contribution in [1.82, 2.24) is 10.3 Å². The summed E-state index contributed by atoms with van der Waals surface area (Å²) < 4.78 is 0. The molecule has 1 heterocycles. The summed E-state index contributed by atoms with van der Waals surface area (Å²) in [5.41, 5.74) is 4.07. The van der Waals surface area contributed by atoms with Crippen molar-refractivity contribution in [2.75, 3.05) is 6.54 Å². The van der Waals surface area contributed by atoms with Gasteiger partial charge in [0.1, 0.15) is 0 Å². The fourth-order valence-corrected chi connectivity index (χ4v) is 2.95. The zero-order chi connectivity index (χ0) is 13.8. The molecule has 2 atom stereocenters. The van der Waals surface area contributed by atoms with Gasteiger partial charge in [-0.2, -0.15) is 0 Å². The quantitative estimate of drug-likeness (QED) is 0.883. The van der Waals surface area contributed by atoms with Crippen molar-refractivity contribution in [1.29, 1.82) is 0 Å². The first-order valence-corrected chi connectivity index (χ1v) is 7.66. The highest BCUT2D eigenvalue weighted by molar-refractivity contribution is 7.09. The Morgan fingerprint density at radius 3 is 2.74 bits per heavy atom. The van der Waals surface area contributed by atoms with E-state index >= 15 is 0 Å². The minimum Gasteiger partial charge on any atom is -0.310 e. The normalized spacial score (nSPS) is 14.3. The number of hydrogen-bond acceptors (Lipinski definition) is 3. The lowest BCUT2D eigenvalue weighted by Gasteiger charge is -2.19. The molecule has 102 valence electrons. The molecule has 2 nitrogen and oxygen atoms in total. The number of nitrogens with zero attached hydrogens (tertiary/aromatic N) is 1. The molecule has 1 aromatic heterocycles. The number of rotatable bonds is 5. The Kier molecular flexibility index (Phi) is 4.72. The van der Waals surface area contributed by atoms with E-state index in [4.69, 9.17) is 0 Å². The summed E-state index contributed by atoms with van der Waals surface area (Å²) in [6.45, 7) is 9.74. The van der Waals surface area contributed by atoms with E-state index in [1.807, 2.05) is 11.6 Å². The largest absolute Gasteiger partial charge is 0.310 e. The molecule has 19 heavy (non-hydrogen) atoms. The van der Waals surface area contributed by atoms with Gasteiger partial charge in [0.15, 0.2) is 0 Å². The summed E-state index contributed by atoms with van der Waals surface area (Å²) in [6, 6.07) is 7.03. The molecule has 0 bridgehead atoms. The van der Waals surface area contributed by atoms with E-state index in [9.17, 15) is 0 Å². The highest BCUT2D eigenvalue weighted by Gasteiger charge is 2.12. The van der Waals surface area contributed by atoms with E-state index in [1.165, 1.54) is 21.7 Å². The van der Waals surface area contributed by atoms with Crippen LogP contribution < -0.4 is 5.32 Å². The van der Waals surface area contributed by atoms with Gasteiger partial charge in [0.25, 0.3) is 0 Å². The molecular weight excluding hydrogens is 252 g/mol. The molecule has 0 radical (unpaired) electrons. The minimum atomic E-state index is 0.377. The molecule has 0 aliphatic rings. The summed E-state index contributed by atoms with van der Waals surface area (Å²) in [7, 11) is 0. The number of nitrogens with one attached hydrogen (secondary N) is 1. The number of aryl methyl sites for hydroxylation is 2. The molecule has 0 saturated heterocycles. The molecule has 3 heteroatoms. The lowest BCUT2D eigenvalue weighted by Crippen LogP contribution is -2.24. The van der Waals surface area contributed by atoms with Gasteiger partial charge in [-0.25, -0.2) is 4.98 Å². The molecule has 1 N–H and O–H groups in total. The van der Waals surface area contributed by atoms with Gasteiger partial charge in [-0.3, -0.25) is 0 Å². The van der Waals surface area contributed by atoms with Gasteiger partial charge in [0.2, 0.25) is 0 Å². The highest BCUT2D eigenvalue weighted by atomic mass is 32.1. The Balaban J connectivity index is 1.97. The van der Waals surface area contributed by atoms with Crippen LogP contribution in [-0.4, -0.2) is 11.5 Å². The average molecular weight is 274 g/mol. The fourth-order valence-electron chi connectivity index (χ4n) is 2.26. The fraction of sp³-hybridized carbons (Fsp3) is 0.438. The lowest BCUT2D eigenvalue weighted by atomic mass is 9.99. The second kappa shape index (κ2) is 6.31. The summed E-state index contributed by atoms with van der Waals surface area (Å²) in [4.78, 5) is 4.38. The van der Waals surface area contributed by atoms with Crippen molar-refractivity contribution in [3.8, 4) is 0 Å². The second-order valence-electron chi connectivity index (χ2n) is 5.26. The Bertz CT molecular complexity index is 520. The monoisotopic (exact) mass is 274 g/mol. The van der Waals surface area contributed by atoms with E-state index in [0.717, 1.165) is 6.54 Å². The van der Waals surface area contributed by atoms with Gasteiger partial charge >= 0.3 is 0 Å². The third-order valence-electron chi connectivity index (χ3n) is 3.50. The van der Waals surface area contributed by atoms with Crippen LogP contribution in [0.25, 0.3) is 0 Å². The molecule has 1 aromatic carbocycles. The molecule has 0 aliphatic carbocycles. The predicted octanol–water partition coefficient (Wildman–Crippen LogP) is 4.21. The van der Waals surface area contributed by atoms with Gasteiger partial charge in [-0.1, -0.05) is 30.7 Å². The van der Waals surface area contributed by atoms with Crippen LogP contribution in [0, 0.1) is 13.8 Å². The SMILES string of the molecule is Cc1ccc(C)c(C(C)NCC(C)c2nccs2)c1. The maximum absolute atomic E-state index is 4.38. The summed E-state index contributed by atoms with van der Waals surface area (Å²) in [5, 5.41) is 6.87. The number of thiazole rings is 1. The maximum Gasteiger partial charge on any atom is 0.0965 e. The molecule has 2 aromatic rings. The molecule has 0 saturated carbocycles. The number of aromatic nitrogens is 1. The Hall–Kier alpha value is -1.19. The molecule has 0 fully saturated rings. The van der Waals surface area contributed by atoms with Crippen molar-refractivity contribution >= 4 is 11.3 Å². The number of benzene rings is 1. The third kappa shape index (κ3) is 3.64. The standard InChI is InChI=1S/C16H22N2S/c1-11-5-6-12(2)15(9-11)14(4)18-10-13(3)16-17-7-8-19-16/h5-9,13-14,18H,10H2,1-4H3. The van der Waals surface area contributed by atoms with Crippen LogP contribution in [0.2, 0.25) is 0 Å². The second-order valence-corrected chi connectivity index (χ2v) is 6.19. The van der Waals surface area contributed by atoms with Crippen molar-refractivity contribution < 1.29 is 0 Å². The first-order chi connectivity index (χ1) is 9.08. The van der Waals surface area contributed by atoms with Crippen LogP contribution in [-0.2, 0) is 0 Å². The molecule has 0 spiro atoms. The smallest absolute Gasteiger partial charge is 0.0965 e. The average Bonchev–Trinajstić information content (AvgIpc) is 2.92. The maximum atomic E-state index is 4.38. The van der Waals surface area contributed by atoms with Crippen LogP contribution in [0.1, 0.15) is 47.5 Å². The van der Waals surface area contributed by atoms with Crippen molar-refractivity contribution in [3.05, 3.63) is 51.5 Å².